The zero-order valence-corrected chi connectivity index (χ0v) is 11.7. The van der Waals surface area contributed by atoms with Crippen molar-refractivity contribution in [1.29, 1.82) is 5.26 Å². The number of hydrogen-bond acceptors (Lipinski definition) is 4. The highest BCUT2D eigenvalue weighted by atomic mass is 19.3. The summed E-state index contributed by atoms with van der Waals surface area (Å²) in [7, 11) is 0. The molecular formula is C14H16F2N4O. The van der Waals surface area contributed by atoms with Gasteiger partial charge in [-0.3, -0.25) is 4.79 Å². The van der Waals surface area contributed by atoms with Crippen LogP contribution in [0.15, 0.2) is 6.07 Å². The maximum Gasteiger partial charge on any atom is 0.252 e. The monoisotopic (exact) mass is 294 g/mol. The van der Waals surface area contributed by atoms with Crippen LogP contribution in [0.4, 0.5) is 14.6 Å². The van der Waals surface area contributed by atoms with E-state index in [1.165, 1.54) is 6.07 Å². The van der Waals surface area contributed by atoms with Crippen molar-refractivity contribution in [3.05, 3.63) is 22.9 Å². The smallest absolute Gasteiger partial charge is 0.252 e. The minimum atomic E-state index is -2.69. The molecule has 2 N–H and O–H groups in total. The number of alkyl halides is 2. The molecule has 1 amide bonds. The van der Waals surface area contributed by atoms with Gasteiger partial charge in [-0.25, -0.2) is 13.8 Å². The molecule has 1 aliphatic heterocycles. The van der Waals surface area contributed by atoms with Crippen LogP contribution in [-0.2, 0) is 0 Å². The lowest BCUT2D eigenvalue weighted by Gasteiger charge is -2.24. The number of amides is 1. The second-order valence-corrected chi connectivity index (χ2v) is 5.17. The molecule has 0 aliphatic carbocycles. The molecule has 1 aromatic rings. The predicted octanol–water partition coefficient (Wildman–Crippen LogP) is 1.99. The van der Waals surface area contributed by atoms with Crippen LogP contribution >= 0.6 is 0 Å². The number of nitrogens with zero attached hydrogens (tertiary/aromatic N) is 3. The van der Waals surface area contributed by atoms with Gasteiger partial charge in [0, 0.05) is 25.9 Å². The summed E-state index contributed by atoms with van der Waals surface area (Å²) in [5, 5.41) is 8.98. The molecule has 1 aliphatic rings. The third kappa shape index (κ3) is 3.27. The summed E-state index contributed by atoms with van der Waals surface area (Å²) in [4.78, 5) is 17.4. The Hall–Kier alpha value is -2.23. The van der Waals surface area contributed by atoms with Crippen molar-refractivity contribution >= 4 is 11.7 Å². The van der Waals surface area contributed by atoms with E-state index in [2.05, 4.69) is 4.98 Å². The first-order chi connectivity index (χ1) is 9.84. The molecule has 1 saturated heterocycles. The average Bonchev–Trinajstić information content (AvgIpc) is 2.59. The van der Waals surface area contributed by atoms with Crippen molar-refractivity contribution in [1.82, 2.24) is 4.98 Å². The number of carbonyl (C=O) groups is 1. The van der Waals surface area contributed by atoms with Crippen molar-refractivity contribution < 1.29 is 13.6 Å². The van der Waals surface area contributed by atoms with E-state index < -0.39 is 11.8 Å². The first-order valence-electron chi connectivity index (χ1n) is 6.68. The van der Waals surface area contributed by atoms with Crippen LogP contribution in [0.5, 0.6) is 0 Å². The number of primary amides is 1. The van der Waals surface area contributed by atoms with Gasteiger partial charge in [-0.15, -0.1) is 0 Å². The first kappa shape index (κ1) is 15.2. The molecule has 0 bridgehead atoms. The fourth-order valence-electron chi connectivity index (χ4n) is 2.40. The molecule has 2 heterocycles. The molecule has 5 nitrogen and oxygen atoms in total. The zero-order valence-electron chi connectivity index (χ0n) is 11.7. The van der Waals surface area contributed by atoms with Crippen molar-refractivity contribution in [3.8, 4) is 6.07 Å². The molecule has 21 heavy (non-hydrogen) atoms. The third-order valence-electron chi connectivity index (χ3n) is 3.60. The van der Waals surface area contributed by atoms with E-state index in [9.17, 15) is 13.6 Å². The quantitative estimate of drug-likeness (QED) is 0.904. The summed E-state index contributed by atoms with van der Waals surface area (Å²) in [6.07, 6.45) is -0.150. The van der Waals surface area contributed by atoms with E-state index >= 15 is 0 Å². The van der Waals surface area contributed by atoms with Gasteiger partial charge in [-0.1, -0.05) is 0 Å². The lowest BCUT2D eigenvalue weighted by Crippen LogP contribution is -2.30. The summed E-state index contributed by atoms with van der Waals surface area (Å²) >= 11 is 0. The summed E-state index contributed by atoms with van der Waals surface area (Å²) in [6.45, 7) is 2.12. The van der Waals surface area contributed by atoms with Crippen molar-refractivity contribution in [2.24, 2.45) is 5.73 Å². The van der Waals surface area contributed by atoms with Crippen LogP contribution in [0.25, 0.3) is 0 Å². The number of hydrogen-bond donors (Lipinski definition) is 1. The number of pyridine rings is 1. The minimum absolute atomic E-state index is 0.0994. The summed E-state index contributed by atoms with van der Waals surface area (Å²) < 4.78 is 26.9. The third-order valence-corrected chi connectivity index (χ3v) is 3.60. The van der Waals surface area contributed by atoms with Crippen LogP contribution in [0.3, 0.4) is 0 Å². The van der Waals surface area contributed by atoms with Gasteiger partial charge in [0.25, 0.3) is 5.91 Å². The van der Waals surface area contributed by atoms with Gasteiger partial charge in [0.05, 0.1) is 16.8 Å². The highest BCUT2D eigenvalue weighted by Crippen LogP contribution is 2.31. The van der Waals surface area contributed by atoms with Gasteiger partial charge in [0.1, 0.15) is 11.9 Å². The number of anilines is 1. The van der Waals surface area contributed by atoms with E-state index in [0.29, 0.717) is 18.7 Å². The molecule has 0 spiro atoms. The van der Waals surface area contributed by atoms with Crippen LogP contribution in [0, 0.1) is 18.3 Å². The highest BCUT2D eigenvalue weighted by Gasteiger charge is 2.33. The van der Waals surface area contributed by atoms with E-state index in [1.54, 1.807) is 11.8 Å². The number of carbonyl (C=O) groups excluding carboxylic acids is 1. The number of aryl methyl sites for hydroxylation is 1. The number of rotatable bonds is 2. The molecule has 0 radical (unpaired) electrons. The van der Waals surface area contributed by atoms with Crippen LogP contribution in [0.2, 0.25) is 0 Å². The van der Waals surface area contributed by atoms with Gasteiger partial charge in [0.2, 0.25) is 5.92 Å². The van der Waals surface area contributed by atoms with E-state index in [4.69, 9.17) is 11.0 Å². The Morgan fingerprint density at radius 3 is 2.81 bits per heavy atom. The molecule has 0 saturated carbocycles. The summed E-state index contributed by atoms with van der Waals surface area (Å²) in [5.74, 6) is -3.12. The molecule has 0 aromatic carbocycles. The van der Waals surface area contributed by atoms with E-state index in [-0.39, 0.29) is 36.3 Å². The van der Waals surface area contributed by atoms with Crippen LogP contribution in [-0.4, -0.2) is 29.9 Å². The second kappa shape index (κ2) is 5.64. The molecule has 1 aromatic heterocycles. The predicted molar refractivity (Wildman–Crippen MR) is 73.2 cm³/mol. The van der Waals surface area contributed by atoms with Gasteiger partial charge < -0.3 is 10.6 Å². The van der Waals surface area contributed by atoms with E-state index in [0.717, 1.165) is 0 Å². The maximum atomic E-state index is 13.4. The topological polar surface area (TPSA) is 83.0 Å². The number of halogens is 2. The molecule has 2 rings (SSSR count). The fraction of sp³-hybridized carbons (Fsp3) is 0.500. The Morgan fingerprint density at radius 2 is 2.19 bits per heavy atom. The SMILES string of the molecule is Cc1nc(N2CCCC(F)(F)CC2)c(C(N)=O)cc1C#N. The standard InChI is InChI=1S/C14H16F2N4O/c1-9-10(8-17)7-11(12(18)21)13(19-9)20-5-2-3-14(15,16)4-6-20/h7H,2-6H2,1H3,(H2,18,21). The lowest BCUT2D eigenvalue weighted by atomic mass is 10.1. The van der Waals surface area contributed by atoms with Gasteiger partial charge in [0.15, 0.2) is 0 Å². The van der Waals surface area contributed by atoms with Crippen molar-refractivity contribution in [3.63, 3.8) is 0 Å². The maximum absolute atomic E-state index is 13.4. The fourth-order valence-corrected chi connectivity index (χ4v) is 2.40. The Bertz CT molecular complexity index is 610. The Balaban J connectivity index is 2.41. The summed E-state index contributed by atoms with van der Waals surface area (Å²) in [6, 6.07) is 3.32. The van der Waals surface area contributed by atoms with Crippen LogP contribution in [0.1, 0.15) is 40.9 Å². The number of nitriles is 1. The molecule has 112 valence electrons. The molecule has 0 atom stereocenters. The number of aromatic nitrogens is 1. The Labute approximate surface area is 121 Å². The molecule has 1 fully saturated rings. The largest absolute Gasteiger partial charge is 0.365 e. The highest BCUT2D eigenvalue weighted by molar-refractivity contribution is 5.98. The van der Waals surface area contributed by atoms with Crippen LogP contribution < -0.4 is 10.6 Å². The average molecular weight is 294 g/mol. The number of nitrogens with two attached hydrogens (primary N) is 1. The molecule has 7 heteroatoms. The van der Waals surface area contributed by atoms with Crippen molar-refractivity contribution in [2.75, 3.05) is 18.0 Å². The normalized spacial score (nSPS) is 17.9. The van der Waals surface area contributed by atoms with Crippen molar-refractivity contribution in [2.45, 2.75) is 32.1 Å². The van der Waals surface area contributed by atoms with Gasteiger partial charge in [-0.2, -0.15) is 5.26 Å². The van der Waals surface area contributed by atoms with E-state index in [1.807, 2.05) is 6.07 Å². The Morgan fingerprint density at radius 1 is 1.48 bits per heavy atom. The van der Waals surface area contributed by atoms with Gasteiger partial charge in [-0.05, 0) is 19.4 Å². The zero-order chi connectivity index (χ0) is 15.6. The molecule has 0 unspecified atom stereocenters. The molecular weight excluding hydrogens is 278 g/mol. The second-order valence-electron chi connectivity index (χ2n) is 5.17. The first-order valence-corrected chi connectivity index (χ1v) is 6.68. The van der Waals surface area contributed by atoms with Gasteiger partial charge >= 0.3 is 0 Å². The Kier molecular flexibility index (Phi) is 4.07. The minimum Gasteiger partial charge on any atom is -0.365 e. The summed E-state index contributed by atoms with van der Waals surface area (Å²) in [5.41, 5.74) is 6.13. The lowest BCUT2D eigenvalue weighted by molar-refractivity contribution is -0.0102.